The molecular weight excluding hydrogens is 426 g/mol. The van der Waals surface area contributed by atoms with Gasteiger partial charge >= 0.3 is 6.09 Å². The first kappa shape index (κ1) is 23.7. The van der Waals surface area contributed by atoms with Gasteiger partial charge in [-0.3, -0.25) is 0 Å². The molecule has 8 atom stereocenters. The number of hydrogen-bond acceptors (Lipinski definition) is 3. The predicted molar refractivity (Wildman–Crippen MR) is 136 cm³/mol. The van der Waals surface area contributed by atoms with Crippen molar-refractivity contribution >= 4 is 17.4 Å². The number of amides is 1. The SMILES string of the molecule is CC(CCNC(=O)OCc1cccs1)C1CCC2C3CCC4CCCCC4(C)C3CCC12C. The molecule has 4 saturated carbocycles. The molecule has 0 aromatic carbocycles. The minimum atomic E-state index is -0.274. The fourth-order valence-corrected chi connectivity index (χ4v) is 10.1. The highest BCUT2D eigenvalue weighted by molar-refractivity contribution is 7.09. The van der Waals surface area contributed by atoms with E-state index in [-0.39, 0.29) is 6.09 Å². The third-order valence-electron chi connectivity index (χ3n) is 11.1. The summed E-state index contributed by atoms with van der Waals surface area (Å²) in [5, 5.41) is 5.03. The Morgan fingerprint density at radius 3 is 2.76 bits per heavy atom. The summed E-state index contributed by atoms with van der Waals surface area (Å²) in [7, 11) is 0. The van der Waals surface area contributed by atoms with Crippen LogP contribution in [0.15, 0.2) is 17.5 Å². The van der Waals surface area contributed by atoms with Crippen molar-refractivity contribution in [2.75, 3.05) is 6.54 Å². The molecule has 184 valence electrons. The van der Waals surface area contributed by atoms with E-state index in [0.29, 0.717) is 23.4 Å². The van der Waals surface area contributed by atoms with E-state index in [1.165, 1.54) is 64.2 Å². The smallest absolute Gasteiger partial charge is 0.407 e. The Labute approximate surface area is 205 Å². The molecule has 8 unspecified atom stereocenters. The lowest BCUT2D eigenvalue weighted by Gasteiger charge is -2.61. The third kappa shape index (κ3) is 4.39. The van der Waals surface area contributed by atoms with E-state index in [9.17, 15) is 4.79 Å². The summed E-state index contributed by atoms with van der Waals surface area (Å²) < 4.78 is 5.37. The van der Waals surface area contributed by atoms with Gasteiger partial charge in [-0.25, -0.2) is 4.79 Å². The number of rotatable bonds is 6. The van der Waals surface area contributed by atoms with Gasteiger partial charge in [-0.15, -0.1) is 11.3 Å². The highest BCUT2D eigenvalue weighted by Crippen LogP contribution is 2.68. The average molecular weight is 472 g/mol. The van der Waals surface area contributed by atoms with Gasteiger partial charge in [0.1, 0.15) is 6.61 Å². The van der Waals surface area contributed by atoms with E-state index in [0.717, 1.165) is 47.4 Å². The molecular formula is C29H45NO2S. The number of alkyl carbamates (subject to hydrolysis) is 1. The molecule has 1 N–H and O–H groups in total. The molecule has 1 aromatic heterocycles. The molecule has 1 amide bonds. The maximum Gasteiger partial charge on any atom is 0.407 e. The molecule has 4 aliphatic rings. The van der Waals surface area contributed by atoms with Crippen LogP contribution < -0.4 is 5.32 Å². The lowest BCUT2D eigenvalue weighted by molar-refractivity contribution is -0.114. The van der Waals surface area contributed by atoms with Gasteiger partial charge < -0.3 is 10.1 Å². The molecule has 3 nitrogen and oxygen atoms in total. The summed E-state index contributed by atoms with van der Waals surface area (Å²) in [6.07, 6.45) is 15.5. The van der Waals surface area contributed by atoms with Crippen molar-refractivity contribution in [2.45, 2.75) is 98.0 Å². The van der Waals surface area contributed by atoms with Crippen LogP contribution in [0, 0.1) is 46.3 Å². The van der Waals surface area contributed by atoms with Crippen molar-refractivity contribution < 1.29 is 9.53 Å². The molecule has 4 heteroatoms. The Kier molecular flexibility index (Phi) is 6.86. The van der Waals surface area contributed by atoms with Crippen LogP contribution in [0.1, 0.15) is 96.3 Å². The molecule has 5 rings (SSSR count). The zero-order valence-electron chi connectivity index (χ0n) is 21.1. The molecule has 0 aliphatic heterocycles. The van der Waals surface area contributed by atoms with Gasteiger partial charge in [-0.1, -0.05) is 39.7 Å². The largest absolute Gasteiger partial charge is 0.444 e. The third-order valence-corrected chi connectivity index (χ3v) is 12.0. The second-order valence-corrected chi connectivity index (χ2v) is 13.5. The molecule has 4 fully saturated rings. The highest BCUT2D eigenvalue weighted by atomic mass is 32.1. The zero-order valence-corrected chi connectivity index (χ0v) is 21.9. The van der Waals surface area contributed by atoms with Gasteiger partial charge in [0.15, 0.2) is 0 Å². The van der Waals surface area contributed by atoms with Gasteiger partial charge in [0, 0.05) is 11.4 Å². The van der Waals surface area contributed by atoms with Crippen LogP contribution in [-0.4, -0.2) is 12.6 Å². The standard InChI is InChI=1S/C29H45NO2S/c1-20(14-17-30-27(31)32-19-22-8-6-18-33-22)24-11-12-25-23-10-9-21-7-4-5-15-28(21,2)26(23)13-16-29(24,25)3/h6,8,18,20-21,23-26H,4-5,7,9-17,19H2,1-3H3,(H,30,31). The van der Waals surface area contributed by atoms with Crippen molar-refractivity contribution in [3.63, 3.8) is 0 Å². The van der Waals surface area contributed by atoms with Gasteiger partial charge in [-0.2, -0.15) is 0 Å². The second kappa shape index (κ2) is 9.55. The lowest BCUT2D eigenvalue weighted by Crippen LogP contribution is -2.53. The van der Waals surface area contributed by atoms with Gasteiger partial charge in [0.25, 0.3) is 0 Å². The Bertz CT molecular complexity index is 809. The second-order valence-electron chi connectivity index (χ2n) is 12.5. The summed E-state index contributed by atoms with van der Waals surface area (Å²) in [5.41, 5.74) is 1.15. The number of carbonyl (C=O) groups excluding carboxylic acids is 1. The average Bonchev–Trinajstić information content (AvgIpc) is 3.44. The first-order chi connectivity index (χ1) is 15.9. The Morgan fingerprint density at radius 2 is 1.94 bits per heavy atom. The monoisotopic (exact) mass is 471 g/mol. The molecule has 1 aromatic rings. The van der Waals surface area contributed by atoms with Crippen molar-refractivity contribution in [2.24, 2.45) is 46.3 Å². The van der Waals surface area contributed by atoms with E-state index in [1.54, 1.807) is 11.3 Å². The Morgan fingerprint density at radius 1 is 1.09 bits per heavy atom. The van der Waals surface area contributed by atoms with Crippen LogP contribution in [0.2, 0.25) is 0 Å². The maximum atomic E-state index is 12.1. The first-order valence-electron chi connectivity index (χ1n) is 13.8. The van der Waals surface area contributed by atoms with Gasteiger partial charge in [0.2, 0.25) is 0 Å². The van der Waals surface area contributed by atoms with Crippen molar-refractivity contribution in [3.05, 3.63) is 22.4 Å². The molecule has 0 bridgehead atoms. The fourth-order valence-electron chi connectivity index (χ4n) is 9.46. The van der Waals surface area contributed by atoms with Crippen LogP contribution in [0.25, 0.3) is 0 Å². The van der Waals surface area contributed by atoms with E-state index in [2.05, 4.69) is 26.1 Å². The topological polar surface area (TPSA) is 38.3 Å². The zero-order chi connectivity index (χ0) is 23.1. The molecule has 0 saturated heterocycles. The number of ether oxygens (including phenoxy) is 1. The summed E-state index contributed by atoms with van der Waals surface area (Å²) in [6.45, 7) is 8.90. The van der Waals surface area contributed by atoms with Crippen molar-refractivity contribution in [1.29, 1.82) is 0 Å². The number of hydrogen-bond donors (Lipinski definition) is 1. The van der Waals surface area contributed by atoms with Crippen LogP contribution in [0.4, 0.5) is 4.79 Å². The van der Waals surface area contributed by atoms with E-state index in [4.69, 9.17) is 4.74 Å². The minimum absolute atomic E-state index is 0.274. The van der Waals surface area contributed by atoms with E-state index < -0.39 is 0 Å². The summed E-state index contributed by atoms with van der Waals surface area (Å²) >= 11 is 1.63. The van der Waals surface area contributed by atoms with Gasteiger partial charge in [0.05, 0.1) is 0 Å². The quantitative estimate of drug-likeness (QED) is 0.456. The predicted octanol–water partition coefficient (Wildman–Crippen LogP) is 8.05. The van der Waals surface area contributed by atoms with E-state index >= 15 is 0 Å². The summed E-state index contributed by atoms with van der Waals surface area (Å²) in [6, 6.07) is 4.00. The molecule has 33 heavy (non-hydrogen) atoms. The minimum Gasteiger partial charge on any atom is -0.444 e. The van der Waals surface area contributed by atoms with Crippen LogP contribution >= 0.6 is 11.3 Å². The maximum absolute atomic E-state index is 12.1. The van der Waals surface area contributed by atoms with Crippen LogP contribution in [0.5, 0.6) is 0 Å². The van der Waals surface area contributed by atoms with Crippen LogP contribution in [-0.2, 0) is 11.3 Å². The number of carbonyl (C=O) groups is 1. The van der Waals surface area contributed by atoms with E-state index in [1.807, 2.05) is 17.5 Å². The van der Waals surface area contributed by atoms with Crippen molar-refractivity contribution in [3.8, 4) is 0 Å². The van der Waals surface area contributed by atoms with Crippen molar-refractivity contribution in [1.82, 2.24) is 5.32 Å². The number of thiophene rings is 1. The highest BCUT2D eigenvalue weighted by Gasteiger charge is 2.60. The lowest BCUT2D eigenvalue weighted by atomic mass is 9.44. The Hall–Kier alpha value is -1.03. The first-order valence-corrected chi connectivity index (χ1v) is 14.7. The molecule has 4 aliphatic carbocycles. The Balaban J connectivity index is 1.15. The molecule has 0 radical (unpaired) electrons. The molecule has 1 heterocycles. The fraction of sp³-hybridized carbons (Fsp3) is 0.828. The number of nitrogens with one attached hydrogen (secondary N) is 1. The number of fused-ring (bicyclic) bond motifs is 5. The normalized spacial score (nSPS) is 40.9. The molecule has 0 spiro atoms. The van der Waals surface area contributed by atoms with Gasteiger partial charge in [-0.05, 0) is 116 Å². The summed E-state index contributed by atoms with van der Waals surface area (Å²) in [5.74, 6) is 5.39. The summed E-state index contributed by atoms with van der Waals surface area (Å²) in [4.78, 5) is 13.2. The van der Waals surface area contributed by atoms with Crippen LogP contribution in [0.3, 0.4) is 0 Å².